The second-order valence-electron chi connectivity index (χ2n) is 5.77. The predicted octanol–water partition coefficient (Wildman–Crippen LogP) is 2.77. The highest BCUT2D eigenvalue weighted by molar-refractivity contribution is 5.97. The first-order valence-electron chi connectivity index (χ1n) is 6.96. The molecule has 2 fully saturated rings. The molecule has 5 heteroatoms. The fourth-order valence-corrected chi connectivity index (χ4v) is 2.20. The van der Waals surface area contributed by atoms with E-state index in [9.17, 15) is 14.0 Å². The summed E-state index contributed by atoms with van der Waals surface area (Å²) in [5.41, 5.74) is 0.644. The van der Waals surface area contributed by atoms with Crippen LogP contribution in [0.3, 0.4) is 0 Å². The fourth-order valence-electron chi connectivity index (χ4n) is 2.20. The molecule has 2 saturated carbocycles. The van der Waals surface area contributed by atoms with Crippen molar-refractivity contribution in [3.05, 3.63) is 24.0 Å². The molecule has 3 rings (SSSR count). The van der Waals surface area contributed by atoms with Gasteiger partial charge >= 0.3 is 0 Å². The molecule has 0 aliphatic heterocycles. The lowest BCUT2D eigenvalue weighted by Gasteiger charge is -2.09. The van der Waals surface area contributed by atoms with Crippen molar-refractivity contribution < 1.29 is 14.0 Å². The molecule has 1 aromatic rings. The van der Waals surface area contributed by atoms with Gasteiger partial charge in [0.2, 0.25) is 11.8 Å². The van der Waals surface area contributed by atoms with Gasteiger partial charge in [0.25, 0.3) is 0 Å². The third kappa shape index (κ3) is 2.81. The van der Waals surface area contributed by atoms with Crippen LogP contribution in [0.25, 0.3) is 0 Å². The molecule has 0 aromatic heterocycles. The third-order valence-electron chi connectivity index (χ3n) is 3.89. The molecule has 1 aromatic carbocycles. The molecule has 2 aliphatic carbocycles. The van der Waals surface area contributed by atoms with Crippen molar-refractivity contribution in [3.8, 4) is 0 Å². The molecular weight excluding hydrogens is 259 g/mol. The average molecular weight is 276 g/mol. The quantitative estimate of drug-likeness (QED) is 0.888. The minimum Gasteiger partial charge on any atom is -0.326 e. The number of carbonyl (C=O) groups excluding carboxylic acids is 2. The molecular formula is C15H17FN2O2. The Kier molecular flexibility index (Phi) is 3.20. The van der Waals surface area contributed by atoms with E-state index in [1.54, 1.807) is 0 Å². The fraction of sp³-hybridized carbons (Fsp3) is 0.467. The Labute approximate surface area is 116 Å². The summed E-state index contributed by atoms with van der Waals surface area (Å²) in [5, 5.41) is 5.34. The van der Waals surface area contributed by atoms with E-state index in [2.05, 4.69) is 10.6 Å². The van der Waals surface area contributed by atoms with Gasteiger partial charge in [-0.05, 0) is 43.4 Å². The number of amides is 2. The first kappa shape index (κ1) is 13.1. The van der Waals surface area contributed by atoms with E-state index in [4.69, 9.17) is 0 Å². The molecule has 2 aliphatic rings. The van der Waals surface area contributed by atoms with Crippen LogP contribution in [-0.4, -0.2) is 11.8 Å². The second kappa shape index (κ2) is 4.89. The van der Waals surface area contributed by atoms with Crippen LogP contribution in [0.4, 0.5) is 15.8 Å². The number of benzene rings is 1. The monoisotopic (exact) mass is 276 g/mol. The van der Waals surface area contributed by atoms with E-state index < -0.39 is 5.82 Å². The van der Waals surface area contributed by atoms with Gasteiger partial charge in [-0.15, -0.1) is 0 Å². The zero-order chi connectivity index (χ0) is 14.3. The van der Waals surface area contributed by atoms with Crippen LogP contribution in [0.1, 0.15) is 26.2 Å². The standard InChI is InChI=1S/C15H17FN2O2/c1-8-6-11(8)15(20)17-10-4-5-12(16)13(7-10)18-14(19)9-2-3-9/h4-5,7-9,11H,2-3,6H2,1H3,(H,17,20)(H,18,19)/t8-,11+/m1/s1. The lowest BCUT2D eigenvalue weighted by molar-refractivity contribution is -0.118. The molecule has 0 saturated heterocycles. The Hall–Kier alpha value is -1.91. The van der Waals surface area contributed by atoms with E-state index in [0.717, 1.165) is 19.3 Å². The van der Waals surface area contributed by atoms with Gasteiger partial charge in [0, 0.05) is 17.5 Å². The SMILES string of the molecule is C[C@@H]1C[C@@H]1C(=O)Nc1ccc(F)c(NC(=O)C2CC2)c1. The van der Waals surface area contributed by atoms with Gasteiger partial charge in [-0.3, -0.25) is 9.59 Å². The Morgan fingerprint density at radius 2 is 1.90 bits per heavy atom. The molecule has 0 heterocycles. The van der Waals surface area contributed by atoms with Crippen molar-refractivity contribution in [2.45, 2.75) is 26.2 Å². The molecule has 106 valence electrons. The molecule has 2 amide bonds. The van der Waals surface area contributed by atoms with Gasteiger partial charge in [-0.2, -0.15) is 0 Å². The van der Waals surface area contributed by atoms with Gasteiger partial charge in [-0.1, -0.05) is 6.92 Å². The molecule has 0 spiro atoms. The lowest BCUT2D eigenvalue weighted by atomic mass is 10.2. The van der Waals surface area contributed by atoms with E-state index in [1.807, 2.05) is 6.92 Å². The summed E-state index contributed by atoms with van der Waals surface area (Å²) in [6.07, 6.45) is 2.63. The van der Waals surface area contributed by atoms with Crippen molar-refractivity contribution in [1.29, 1.82) is 0 Å². The Balaban J connectivity index is 1.68. The number of nitrogens with one attached hydrogen (secondary N) is 2. The summed E-state index contributed by atoms with van der Waals surface area (Å²) >= 11 is 0. The summed E-state index contributed by atoms with van der Waals surface area (Å²) in [4.78, 5) is 23.5. The second-order valence-corrected chi connectivity index (χ2v) is 5.77. The molecule has 20 heavy (non-hydrogen) atoms. The topological polar surface area (TPSA) is 58.2 Å². The molecule has 2 atom stereocenters. The number of anilines is 2. The third-order valence-corrected chi connectivity index (χ3v) is 3.89. The predicted molar refractivity (Wildman–Crippen MR) is 73.7 cm³/mol. The molecule has 0 unspecified atom stereocenters. The van der Waals surface area contributed by atoms with Gasteiger partial charge in [0.1, 0.15) is 5.82 Å². The maximum atomic E-state index is 13.7. The van der Waals surface area contributed by atoms with Crippen LogP contribution in [0, 0.1) is 23.6 Å². The first-order chi connectivity index (χ1) is 9.54. The van der Waals surface area contributed by atoms with Crippen molar-refractivity contribution in [2.75, 3.05) is 10.6 Å². The highest BCUT2D eigenvalue weighted by atomic mass is 19.1. The van der Waals surface area contributed by atoms with Crippen LogP contribution in [0.2, 0.25) is 0 Å². The molecule has 4 nitrogen and oxygen atoms in total. The highest BCUT2D eigenvalue weighted by Crippen LogP contribution is 2.38. The summed E-state index contributed by atoms with van der Waals surface area (Å²) < 4.78 is 13.7. The van der Waals surface area contributed by atoms with Gasteiger partial charge in [-0.25, -0.2) is 4.39 Å². The molecule has 0 radical (unpaired) electrons. The summed E-state index contributed by atoms with van der Waals surface area (Å²) in [6, 6.07) is 4.24. The van der Waals surface area contributed by atoms with Crippen LogP contribution in [-0.2, 0) is 9.59 Å². The number of hydrogen-bond donors (Lipinski definition) is 2. The van der Waals surface area contributed by atoms with E-state index >= 15 is 0 Å². The largest absolute Gasteiger partial charge is 0.326 e. The Bertz CT molecular complexity index is 569. The Morgan fingerprint density at radius 3 is 2.50 bits per heavy atom. The normalized spacial score (nSPS) is 24.1. The van der Waals surface area contributed by atoms with Crippen LogP contribution < -0.4 is 10.6 Å². The van der Waals surface area contributed by atoms with Crippen LogP contribution in [0.5, 0.6) is 0 Å². The van der Waals surface area contributed by atoms with Crippen molar-refractivity contribution in [3.63, 3.8) is 0 Å². The number of halogens is 1. The van der Waals surface area contributed by atoms with Crippen molar-refractivity contribution in [2.24, 2.45) is 17.8 Å². The van der Waals surface area contributed by atoms with E-state index in [0.29, 0.717) is 11.6 Å². The first-order valence-corrected chi connectivity index (χ1v) is 6.96. The molecule has 2 N–H and O–H groups in total. The number of hydrogen-bond acceptors (Lipinski definition) is 2. The summed E-state index contributed by atoms with van der Waals surface area (Å²) in [5.74, 6) is -0.183. The van der Waals surface area contributed by atoms with Crippen molar-refractivity contribution in [1.82, 2.24) is 0 Å². The minimum absolute atomic E-state index is 0.0139. The number of carbonyl (C=O) groups is 2. The number of rotatable bonds is 4. The zero-order valence-electron chi connectivity index (χ0n) is 11.3. The van der Waals surface area contributed by atoms with Crippen LogP contribution in [0.15, 0.2) is 18.2 Å². The highest BCUT2D eigenvalue weighted by Gasteiger charge is 2.39. The van der Waals surface area contributed by atoms with Crippen molar-refractivity contribution >= 4 is 23.2 Å². The van der Waals surface area contributed by atoms with Gasteiger partial charge < -0.3 is 10.6 Å². The Morgan fingerprint density at radius 1 is 1.20 bits per heavy atom. The maximum absolute atomic E-state index is 13.7. The van der Waals surface area contributed by atoms with Crippen LogP contribution >= 0.6 is 0 Å². The zero-order valence-corrected chi connectivity index (χ0v) is 11.3. The van der Waals surface area contributed by atoms with Gasteiger partial charge in [0.05, 0.1) is 5.69 Å². The lowest BCUT2D eigenvalue weighted by Crippen LogP contribution is -2.16. The summed E-state index contributed by atoms with van der Waals surface area (Å²) in [7, 11) is 0. The average Bonchev–Trinajstić information content (AvgIpc) is 3.27. The van der Waals surface area contributed by atoms with Gasteiger partial charge in [0.15, 0.2) is 0 Å². The maximum Gasteiger partial charge on any atom is 0.227 e. The minimum atomic E-state index is -0.489. The smallest absolute Gasteiger partial charge is 0.227 e. The molecule has 0 bridgehead atoms. The summed E-state index contributed by atoms with van der Waals surface area (Å²) in [6.45, 7) is 2.02. The van der Waals surface area contributed by atoms with E-state index in [1.165, 1.54) is 18.2 Å². The van der Waals surface area contributed by atoms with E-state index in [-0.39, 0.29) is 29.3 Å².